The van der Waals surface area contributed by atoms with Gasteiger partial charge in [0.1, 0.15) is 0 Å². The van der Waals surface area contributed by atoms with Crippen molar-refractivity contribution in [3.63, 3.8) is 0 Å². The van der Waals surface area contributed by atoms with Crippen molar-refractivity contribution >= 4 is 17.0 Å². The molecule has 3 N–H and O–H groups in total. The monoisotopic (exact) mass is 267 g/mol. The number of thiophene rings is 1. The molecule has 3 nitrogen and oxygen atoms in total. The molecule has 1 aromatic rings. The van der Waals surface area contributed by atoms with E-state index in [0.29, 0.717) is 12.0 Å². The van der Waals surface area contributed by atoms with Gasteiger partial charge < -0.3 is 11.1 Å². The van der Waals surface area contributed by atoms with Crippen molar-refractivity contribution in [2.45, 2.75) is 39.3 Å². The number of rotatable bonds is 6. The molecule has 1 saturated heterocycles. The fourth-order valence-electron chi connectivity index (χ4n) is 2.69. The van der Waals surface area contributed by atoms with Crippen molar-refractivity contribution in [2.24, 2.45) is 5.92 Å². The van der Waals surface area contributed by atoms with Crippen LogP contribution in [0.25, 0.3) is 0 Å². The fraction of sp³-hybridized carbons (Fsp3) is 0.714. The highest BCUT2D eigenvalue weighted by atomic mass is 32.1. The molecule has 1 aromatic heterocycles. The smallest absolute Gasteiger partial charge is 0.0468 e. The zero-order valence-corrected chi connectivity index (χ0v) is 12.3. The second kappa shape index (κ2) is 6.55. The first-order valence-corrected chi connectivity index (χ1v) is 7.83. The van der Waals surface area contributed by atoms with Crippen LogP contribution in [0.1, 0.15) is 31.6 Å². The fourth-order valence-corrected chi connectivity index (χ4v) is 3.46. The quantitative estimate of drug-likeness (QED) is 0.832. The molecule has 0 aromatic carbocycles. The number of nitrogen functional groups attached to an aromatic ring is 1. The normalized spacial score (nSPS) is 18.6. The molecule has 2 heterocycles. The molecule has 0 saturated carbocycles. The number of anilines is 1. The minimum Gasteiger partial charge on any atom is -0.398 e. The maximum Gasteiger partial charge on any atom is 0.0468 e. The molecule has 1 aliphatic heterocycles. The first-order chi connectivity index (χ1) is 8.68. The lowest BCUT2D eigenvalue weighted by molar-refractivity contribution is 0.186. The zero-order chi connectivity index (χ0) is 13.0. The molecule has 1 unspecified atom stereocenters. The Balaban J connectivity index is 1.80. The van der Waals surface area contributed by atoms with Gasteiger partial charge in [0.2, 0.25) is 0 Å². The van der Waals surface area contributed by atoms with E-state index in [1.807, 2.05) is 6.07 Å². The van der Waals surface area contributed by atoms with Crippen molar-refractivity contribution in [1.82, 2.24) is 10.2 Å². The summed E-state index contributed by atoms with van der Waals surface area (Å²) in [7, 11) is 0. The number of nitrogens with zero attached hydrogens (tertiary/aromatic N) is 1. The lowest BCUT2D eigenvalue weighted by atomic mass is 10.0. The predicted octanol–water partition coefficient (Wildman–Crippen LogP) is 2.54. The van der Waals surface area contributed by atoms with Crippen molar-refractivity contribution in [3.8, 4) is 0 Å². The summed E-state index contributed by atoms with van der Waals surface area (Å²) >= 11 is 1.74. The Morgan fingerprint density at radius 3 is 2.67 bits per heavy atom. The molecule has 0 aliphatic carbocycles. The number of nitrogens with one attached hydrogen (secondary N) is 1. The zero-order valence-electron chi connectivity index (χ0n) is 11.5. The standard InChI is InChI=1S/C14H25N3S/c1-11(2)13(17-6-3-4-7-17)9-16-10-14-12(15)5-8-18-14/h5,8,11,13,16H,3-4,6-7,9-10,15H2,1-2H3. The minimum atomic E-state index is 0.661. The van der Waals surface area contributed by atoms with Crippen LogP contribution in [0.4, 0.5) is 5.69 Å². The van der Waals surface area contributed by atoms with Crippen LogP contribution in [-0.2, 0) is 6.54 Å². The van der Waals surface area contributed by atoms with E-state index in [4.69, 9.17) is 5.73 Å². The maximum atomic E-state index is 5.90. The van der Waals surface area contributed by atoms with Crippen LogP contribution in [0.5, 0.6) is 0 Å². The van der Waals surface area contributed by atoms with Gasteiger partial charge in [-0.3, -0.25) is 4.90 Å². The molecule has 0 amide bonds. The summed E-state index contributed by atoms with van der Waals surface area (Å²) in [5.74, 6) is 0.705. The Morgan fingerprint density at radius 1 is 1.39 bits per heavy atom. The summed E-state index contributed by atoms with van der Waals surface area (Å²) < 4.78 is 0. The summed E-state index contributed by atoms with van der Waals surface area (Å²) in [6.45, 7) is 9.15. The molecular weight excluding hydrogens is 242 g/mol. The van der Waals surface area contributed by atoms with E-state index < -0.39 is 0 Å². The number of nitrogens with two attached hydrogens (primary N) is 1. The molecule has 0 bridgehead atoms. The maximum absolute atomic E-state index is 5.90. The molecule has 1 fully saturated rings. The lowest BCUT2D eigenvalue weighted by Gasteiger charge is -2.31. The molecule has 2 rings (SSSR count). The first-order valence-electron chi connectivity index (χ1n) is 6.95. The van der Waals surface area contributed by atoms with Crippen LogP contribution in [0.15, 0.2) is 11.4 Å². The van der Waals surface area contributed by atoms with E-state index in [9.17, 15) is 0 Å². The third-order valence-electron chi connectivity index (χ3n) is 3.80. The Hall–Kier alpha value is -0.580. The van der Waals surface area contributed by atoms with Crippen LogP contribution in [0.2, 0.25) is 0 Å². The van der Waals surface area contributed by atoms with Crippen LogP contribution >= 0.6 is 11.3 Å². The van der Waals surface area contributed by atoms with Gasteiger partial charge in [0.25, 0.3) is 0 Å². The highest BCUT2D eigenvalue weighted by molar-refractivity contribution is 7.10. The van der Waals surface area contributed by atoms with E-state index in [1.165, 1.54) is 30.8 Å². The SMILES string of the molecule is CC(C)C(CNCc1sccc1N)N1CCCC1. The topological polar surface area (TPSA) is 41.3 Å². The third kappa shape index (κ3) is 3.46. The van der Waals surface area contributed by atoms with E-state index in [-0.39, 0.29) is 0 Å². The van der Waals surface area contributed by atoms with Gasteiger partial charge in [-0.05, 0) is 43.3 Å². The van der Waals surface area contributed by atoms with Crippen LogP contribution in [-0.4, -0.2) is 30.6 Å². The summed E-state index contributed by atoms with van der Waals surface area (Å²) in [5.41, 5.74) is 6.83. The largest absolute Gasteiger partial charge is 0.398 e. The van der Waals surface area contributed by atoms with E-state index >= 15 is 0 Å². The van der Waals surface area contributed by atoms with Crippen molar-refractivity contribution < 1.29 is 0 Å². The van der Waals surface area contributed by atoms with Gasteiger partial charge in [-0.25, -0.2) is 0 Å². The van der Waals surface area contributed by atoms with Gasteiger partial charge in [0.05, 0.1) is 0 Å². The van der Waals surface area contributed by atoms with Gasteiger partial charge in [-0.2, -0.15) is 0 Å². The van der Waals surface area contributed by atoms with Crippen LogP contribution in [0, 0.1) is 5.92 Å². The summed E-state index contributed by atoms with van der Waals surface area (Å²) in [4.78, 5) is 3.90. The Bertz CT molecular complexity index is 356. The highest BCUT2D eigenvalue weighted by Gasteiger charge is 2.24. The summed E-state index contributed by atoms with van der Waals surface area (Å²) in [6.07, 6.45) is 2.72. The third-order valence-corrected chi connectivity index (χ3v) is 4.73. The lowest BCUT2D eigenvalue weighted by Crippen LogP contribution is -2.44. The Labute approximate surface area is 114 Å². The summed E-state index contributed by atoms with van der Waals surface area (Å²) in [6, 6.07) is 2.65. The number of likely N-dealkylation sites (tertiary alicyclic amines) is 1. The Kier molecular flexibility index (Phi) is 5.03. The summed E-state index contributed by atoms with van der Waals surface area (Å²) in [5, 5.41) is 5.64. The average molecular weight is 267 g/mol. The molecule has 4 heteroatoms. The molecule has 1 atom stereocenters. The molecule has 1 aliphatic rings. The van der Waals surface area contributed by atoms with E-state index in [2.05, 4.69) is 29.4 Å². The van der Waals surface area contributed by atoms with Gasteiger partial charge in [-0.15, -0.1) is 11.3 Å². The van der Waals surface area contributed by atoms with Crippen molar-refractivity contribution in [2.75, 3.05) is 25.4 Å². The van der Waals surface area contributed by atoms with Gasteiger partial charge in [0.15, 0.2) is 0 Å². The number of hydrogen-bond acceptors (Lipinski definition) is 4. The average Bonchev–Trinajstić information content (AvgIpc) is 2.96. The van der Waals surface area contributed by atoms with E-state index in [1.54, 1.807) is 11.3 Å². The predicted molar refractivity (Wildman–Crippen MR) is 79.9 cm³/mol. The van der Waals surface area contributed by atoms with Gasteiger partial charge in [-0.1, -0.05) is 13.8 Å². The second-order valence-corrected chi connectivity index (χ2v) is 6.49. The van der Waals surface area contributed by atoms with Crippen molar-refractivity contribution in [3.05, 3.63) is 16.3 Å². The van der Waals surface area contributed by atoms with Crippen LogP contribution < -0.4 is 11.1 Å². The number of hydrogen-bond donors (Lipinski definition) is 2. The van der Waals surface area contributed by atoms with Crippen LogP contribution in [0.3, 0.4) is 0 Å². The molecule has 0 radical (unpaired) electrons. The highest BCUT2D eigenvalue weighted by Crippen LogP contribution is 2.20. The molecule has 18 heavy (non-hydrogen) atoms. The Morgan fingerprint density at radius 2 is 2.11 bits per heavy atom. The van der Waals surface area contributed by atoms with Crippen molar-refractivity contribution in [1.29, 1.82) is 0 Å². The molecule has 0 spiro atoms. The minimum absolute atomic E-state index is 0.661. The first kappa shape index (κ1) is 13.8. The van der Waals surface area contributed by atoms with Gasteiger partial charge >= 0.3 is 0 Å². The van der Waals surface area contributed by atoms with E-state index in [0.717, 1.165) is 18.8 Å². The second-order valence-electron chi connectivity index (χ2n) is 5.48. The van der Waals surface area contributed by atoms with Gasteiger partial charge in [0, 0.05) is 29.7 Å². The molecular formula is C14H25N3S. The molecule has 102 valence electrons.